The van der Waals surface area contributed by atoms with Gasteiger partial charge in [0.25, 0.3) is 0 Å². The summed E-state index contributed by atoms with van der Waals surface area (Å²) < 4.78 is 6.18. The quantitative estimate of drug-likeness (QED) is 0.550. The lowest BCUT2D eigenvalue weighted by atomic mass is 9.72. The summed E-state index contributed by atoms with van der Waals surface area (Å²) in [5, 5.41) is 12.0. The van der Waals surface area contributed by atoms with Gasteiger partial charge in [-0.15, -0.1) is 0 Å². The van der Waals surface area contributed by atoms with Crippen LogP contribution in [0.2, 0.25) is 0 Å². The number of benzene rings is 2. The summed E-state index contributed by atoms with van der Waals surface area (Å²) in [5.41, 5.74) is 0.593. The Morgan fingerprint density at radius 3 is 2.33 bits per heavy atom. The Kier molecular flexibility index (Phi) is 7.34. The first-order chi connectivity index (χ1) is 16.2. The molecule has 2 saturated heterocycles. The predicted octanol–water partition coefficient (Wildman–Crippen LogP) is 6.17. The van der Waals surface area contributed by atoms with Crippen molar-refractivity contribution in [2.75, 3.05) is 26.2 Å². The van der Waals surface area contributed by atoms with Crippen LogP contribution in [0.3, 0.4) is 0 Å². The molecule has 3 fully saturated rings. The van der Waals surface area contributed by atoms with Gasteiger partial charge in [0.05, 0.1) is 11.8 Å². The largest absolute Gasteiger partial charge is 0.457 e. The van der Waals surface area contributed by atoms with Crippen molar-refractivity contribution >= 4 is 0 Å². The van der Waals surface area contributed by atoms with E-state index in [4.69, 9.17) is 4.74 Å². The molecule has 1 N–H and O–H groups in total. The molecule has 1 saturated carbocycles. The molecule has 2 aromatic carbocycles. The van der Waals surface area contributed by atoms with Crippen LogP contribution in [0.15, 0.2) is 54.6 Å². The first kappa shape index (κ1) is 22.9. The molecule has 0 aromatic heterocycles. The monoisotopic (exact) mass is 448 g/mol. The second-order valence-corrected chi connectivity index (χ2v) is 10.4. The molecule has 2 atom stereocenters. The fraction of sp³-hybridized carbons (Fsp3) is 0.586. The SMILES string of the molecule is OC1(C(CN2CCCCC2N2CCCC2)c2cccc(Oc3ccccc3)c2)CCCCC1. The predicted molar refractivity (Wildman–Crippen MR) is 134 cm³/mol. The molecule has 1 aliphatic carbocycles. The summed E-state index contributed by atoms with van der Waals surface area (Å²) in [6, 6.07) is 18.5. The number of nitrogens with zero attached hydrogens (tertiary/aromatic N) is 2. The molecular weight excluding hydrogens is 408 g/mol. The highest BCUT2D eigenvalue weighted by molar-refractivity contribution is 5.36. The number of rotatable bonds is 7. The van der Waals surface area contributed by atoms with Gasteiger partial charge >= 0.3 is 0 Å². The van der Waals surface area contributed by atoms with Crippen molar-refractivity contribution in [3.8, 4) is 11.5 Å². The molecule has 2 aliphatic heterocycles. The Hall–Kier alpha value is -1.88. The van der Waals surface area contributed by atoms with E-state index in [-0.39, 0.29) is 5.92 Å². The average Bonchev–Trinajstić information content (AvgIpc) is 3.39. The molecule has 3 aliphatic rings. The molecule has 0 amide bonds. The zero-order valence-corrected chi connectivity index (χ0v) is 20.0. The molecule has 0 spiro atoms. The van der Waals surface area contributed by atoms with E-state index in [0.29, 0.717) is 6.17 Å². The van der Waals surface area contributed by atoms with Crippen LogP contribution in [-0.2, 0) is 0 Å². The summed E-state index contributed by atoms with van der Waals surface area (Å²) in [5.74, 6) is 1.82. The van der Waals surface area contributed by atoms with E-state index >= 15 is 0 Å². The lowest BCUT2D eigenvalue weighted by Crippen LogP contribution is -2.53. The van der Waals surface area contributed by atoms with Crippen LogP contribution in [0.25, 0.3) is 0 Å². The highest BCUT2D eigenvalue weighted by atomic mass is 16.5. The van der Waals surface area contributed by atoms with Crippen molar-refractivity contribution in [3.63, 3.8) is 0 Å². The number of likely N-dealkylation sites (tertiary alicyclic amines) is 2. The summed E-state index contributed by atoms with van der Waals surface area (Å²) in [4.78, 5) is 5.41. The van der Waals surface area contributed by atoms with Gasteiger partial charge in [0, 0.05) is 12.5 Å². The topological polar surface area (TPSA) is 35.9 Å². The second-order valence-electron chi connectivity index (χ2n) is 10.4. The van der Waals surface area contributed by atoms with Gasteiger partial charge < -0.3 is 9.84 Å². The number of para-hydroxylation sites is 1. The maximum atomic E-state index is 12.0. The van der Waals surface area contributed by atoms with E-state index in [9.17, 15) is 5.11 Å². The minimum Gasteiger partial charge on any atom is -0.457 e. The Labute approximate surface area is 199 Å². The summed E-state index contributed by atoms with van der Waals surface area (Å²) in [7, 11) is 0. The molecule has 2 aromatic rings. The summed E-state index contributed by atoms with van der Waals surface area (Å²) in [6.07, 6.45) is 12.4. The van der Waals surface area contributed by atoms with E-state index in [0.717, 1.165) is 50.3 Å². The van der Waals surface area contributed by atoms with Crippen LogP contribution in [0.1, 0.15) is 75.7 Å². The van der Waals surface area contributed by atoms with Crippen LogP contribution in [0.4, 0.5) is 0 Å². The van der Waals surface area contributed by atoms with E-state index in [2.05, 4.69) is 28.0 Å². The number of ether oxygens (including phenoxy) is 1. The Bertz CT molecular complexity index is 874. The Morgan fingerprint density at radius 2 is 1.55 bits per heavy atom. The standard InChI is InChI=1S/C29H40N2O2/c32-29(17-6-2-7-18-29)27(23-31-21-8-5-16-28(31)30-19-9-10-20-30)24-12-11-15-26(22-24)33-25-13-3-1-4-14-25/h1,3-4,11-15,22,27-28,32H,2,5-10,16-21,23H2. The van der Waals surface area contributed by atoms with Crippen molar-refractivity contribution in [3.05, 3.63) is 60.2 Å². The minimum atomic E-state index is -0.628. The lowest BCUT2D eigenvalue weighted by molar-refractivity contribution is -0.0502. The van der Waals surface area contributed by atoms with Crippen LogP contribution >= 0.6 is 0 Å². The molecule has 178 valence electrons. The molecule has 2 heterocycles. The van der Waals surface area contributed by atoms with Crippen molar-refractivity contribution in [2.24, 2.45) is 0 Å². The van der Waals surface area contributed by atoms with Crippen molar-refractivity contribution in [1.82, 2.24) is 9.80 Å². The molecule has 0 bridgehead atoms. The van der Waals surface area contributed by atoms with Crippen LogP contribution in [0, 0.1) is 0 Å². The zero-order valence-electron chi connectivity index (χ0n) is 20.0. The van der Waals surface area contributed by atoms with Gasteiger partial charge in [-0.1, -0.05) is 49.6 Å². The molecule has 4 heteroatoms. The Balaban J connectivity index is 1.42. The minimum absolute atomic E-state index is 0.111. The van der Waals surface area contributed by atoms with Crippen molar-refractivity contribution in [2.45, 2.75) is 81.9 Å². The third-order valence-electron chi connectivity index (χ3n) is 8.17. The van der Waals surface area contributed by atoms with Gasteiger partial charge in [-0.25, -0.2) is 0 Å². The molecule has 4 nitrogen and oxygen atoms in total. The van der Waals surface area contributed by atoms with E-state index < -0.39 is 5.60 Å². The number of piperidine rings is 1. The molecule has 5 rings (SSSR count). The Morgan fingerprint density at radius 1 is 0.818 bits per heavy atom. The average molecular weight is 449 g/mol. The van der Waals surface area contributed by atoms with Gasteiger partial charge in [-0.05, 0) is 94.4 Å². The number of hydrogen-bond acceptors (Lipinski definition) is 4. The first-order valence-corrected chi connectivity index (χ1v) is 13.2. The highest BCUT2D eigenvalue weighted by Crippen LogP contribution is 2.42. The molecule has 0 radical (unpaired) electrons. The van der Waals surface area contributed by atoms with Gasteiger partial charge in [0.2, 0.25) is 0 Å². The van der Waals surface area contributed by atoms with Crippen LogP contribution < -0.4 is 4.74 Å². The maximum absolute atomic E-state index is 12.0. The van der Waals surface area contributed by atoms with Crippen molar-refractivity contribution < 1.29 is 9.84 Å². The van der Waals surface area contributed by atoms with E-state index in [1.807, 2.05) is 36.4 Å². The lowest BCUT2D eigenvalue weighted by Gasteiger charge is -2.46. The van der Waals surface area contributed by atoms with Crippen LogP contribution in [0.5, 0.6) is 11.5 Å². The molecule has 33 heavy (non-hydrogen) atoms. The summed E-state index contributed by atoms with van der Waals surface area (Å²) >= 11 is 0. The third-order valence-corrected chi connectivity index (χ3v) is 8.17. The van der Waals surface area contributed by atoms with Crippen LogP contribution in [-0.4, -0.2) is 52.9 Å². The fourth-order valence-electron chi connectivity index (χ4n) is 6.39. The first-order valence-electron chi connectivity index (χ1n) is 13.2. The smallest absolute Gasteiger partial charge is 0.127 e. The fourth-order valence-corrected chi connectivity index (χ4v) is 6.39. The van der Waals surface area contributed by atoms with E-state index in [1.54, 1.807) is 0 Å². The number of aliphatic hydroxyl groups is 1. The summed E-state index contributed by atoms with van der Waals surface area (Å²) in [6.45, 7) is 4.55. The normalized spacial score (nSPS) is 25.1. The van der Waals surface area contributed by atoms with Gasteiger partial charge in [0.15, 0.2) is 0 Å². The number of hydrogen-bond donors (Lipinski definition) is 1. The maximum Gasteiger partial charge on any atom is 0.127 e. The zero-order chi connectivity index (χ0) is 22.5. The third kappa shape index (κ3) is 5.45. The van der Waals surface area contributed by atoms with E-state index in [1.165, 1.54) is 57.2 Å². The van der Waals surface area contributed by atoms with Crippen molar-refractivity contribution in [1.29, 1.82) is 0 Å². The highest BCUT2D eigenvalue weighted by Gasteiger charge is 2.41. The van der Waals surface area contributed by atoms with Gasteiger partial charge in [-0.2, -0.15) is 0 Å². The van der Waals surface area contributed by atoms with Gasteiger partial charge in [-0.3, -0.25) is 9.80 Å². The van der Waals surface area contributed by atoms with Gasteiger partial charge in [0.1, 0.15) is 11.5 Å². The molecular formula is C29H40N2O2. The second kappa shape index (κ2) is 10.6. The molecule has 2 unspecified atom stereocenters.